The van der Waals surface area contributed by atoms with Gasteiger partial charge in [-0.05, 0) is 13.8 Å². The number of nitrogens with zero attached hydrogens (tertiary/aromatic N) is 2. The van der Waals surface area contributed by atoms with Gasteiger partial charge in [-0.25, -0.2) is 0 Å². The summed E-state index contributed by atoms with van der Waals surface area (Å²) in [7, 11) is 0. The molecule has 6 nitrogen and oxygen atoms in total. The van der Waals surface area contributed by atoms with Crippen LogP contribution in [-0.4, -0.2) is 22.2 Å². The first-order valence-corrected chi connectivity index (χ1v) is 7.89. The van der Waals surface area contributed by atoms with Crippen LogP contribution in [0, 0.1) is 17.0 Å². The van der Waals surface area contributed by atoms with E-state index >= 15 is 0 Å². The SMILES string of the molecule is CCNC(=S)C(C(=O)c1ccc(C)c([N+](=O)[O-])c1)[n+]1ccccc1. The molecular formula is C17H18N3O3S+. The minimum atomic E-state index is -0.747. The van der Waals surface area contributed by atoms with Crippen LogP contribution in [0.5, 0.6) is 0 Å². The first-order chi connectivity index (χ1) is 11.5. The van der Waals surface area contributed by atoms with E-state index in [-0.39, 0.29) is 17.0 Å². The second-order valence-electron chi connectivity index (χ2n) is 5.24. The summed E-state index contributed by atoms with van der Waals surface area (Å²) in [4.78, 5) is 24.0. The first kappa shape index (κ1) is 17.7. The van der Waals surface area contributed by atoms with Crippen LogP contribution >= 0.6 is 12.2 Å². The number of nitro groups is 1. The zero-order valence-electron chi connectivity index (χ0n) is 13.4. The molecule has 2 rings (SSSR count). The molecule has 0 saturated carbocycles. The number of Topliss-reactive ketones (excluding diaryl/α,β-unsaturated/α-hetero) is 1. The number of hydrogen-bond donors (Lipinski definition) is 1. The van der Waals surface area contributed by atoms with Crippen molar-refractivity contribution in [1.82, 2.24) is 5.32 Å². The summed E-state index contributed by atoms with van der Waals surface area (Å²) in [6.45, 7) is 4.11. The third kappa shape index (κ3) is 3.80. The Morgan fingerprint density at radius 2 is 2.00 bits per heavy atom. The number of benzene rings is 1. The highest BCUT2D eigenvalue weighted by atomic mass is 32.1. The number of pyridine rings is 1. The maximum atomic E-state index is 13.0. The van der Waals surface area contributed by atoms with Crippen molar-refractivity contribution in [2.75, 3.05) is 6.54 Å². The van der Waals surface area contributed by atoms with Gasteiger partial charge in [0.25, 0.3) is 11.7 Å². The standard InChI is InChI=1S/C17H17N3O3S/c1-3-18-17(24)15(19-9-5-4-6-10-19)16(21)13-8-7-12(2)14(11-13)20(22)23/h4-11,15H,3H2,1-2H3/p+1. The maximum Gasteiger partial charge on any atom is 0.273 e. The second kappa shape index (κ2) is 7.74. The lowest BCUT2D eigenvalue weighted by Gasteiger charge is -2.14. The Bertz CT molecular complexity index is 778. The highest BCUT2D eigenvalue weighted by molar-refractivity contribution is 7.80. The van der Waals surface area contributed by atoms with E-state index in [0.717, 1.165) is 0 Å². The highest BCUT2D eigenvalue weighted by Gasteiger charge is 2.33. The normalized spacial score (nSPS) is 11.6. The van der Waals surface area contributed by atoms with Gasteiger partial charge in [0.15, 0.2) is 17.4 Å². The summed E-state index contributed by atoms with van der Waals surface area (Å²) in [6, 6.07) is 9.17. The number of hydrogen-bond acceptors (Lipinski definition) is 4. The number of ketones is 1. The molecule has 0 aliphatic rings. The van der Waals surface area contributed by atoms with E-state index in [2.05, 4.69) is 5.32 Å². The number of likely N-dealkylation sites (N-methyl/N-ethyl adjacent to an activating group) is 1. The Hall–Kier alpha value is -2.67. The number of aromatic nitrogens is 1. The van der Waals surface area contributed by atoms with E-state index in [1.807, 2.05) is 13.0 Å². The fraction of sp³-hybridized carbons (Fsp3) is 0.235. The van der Waals surface area contributed by atoms with E-state index < -0.39 is 11.0 Å². The molecule has 0 spiro atoms. The Morgan fingerprint density at radius 3 is 2.58 bits per heavy atom. The number of nitro benzene ring substituents is 1. The molecule has 0 aliphatic heterocycles. The number of rotatable bonds is 6. The molecule has 1 aromatic heterocycles. The minimum absolute atomic E-state index is 0.0768. The van der Waals surface area contributed by atoms with E-state index in [9.17, 15) is 14.9 Å². The van der Waals surface area contributed by atoms with Crippen molar-refractivity contribution in [1.29, 1.82) is 0 Å². The number of carbonyl (C=O) groups excluding carboxylic acids is 1. The monoisotopic (exact) mass is 344 g/mol. The first-order valence-electron chi connectivity index (χ1n) is 7.48. The lowest BCUT2D eigenvalue weighted by atomic mass is 10.0. The van der Waals surface area contributed by atoms with Gasteiger partial charge in [-0.1, -0.05) is 30.4 Å². The van der Waals surface area contributed by atoms with Crippen LogP contribution in [-0.2, 0) is 0 Å². The number of nitrogens with one attached hydrogen (secondary N) is 1. The Morgan fingerprint density at radius 1 is 1.33 bits per heavy atom. The Balaban J connectivity index is 2.47. The number of thiocarbonyl (C=S) groups is 1. The van der Waals surface area contributed by atoms with Gasteiger partial charge >= 0.3 is 0 Å². The molecule has 2 aromatic rings. The number of aryl methyl sites for hydroxylation is 1. The fourth-order valence-corrected chi connectivity index (χ4v) is 2.74. The fourth-order valence-electron chi connectivity index (χ4n) is 2.36. The lowest BCUT2D eigenvalue weighted by Crippen LogP contribution is -2.51. The number of carbonyl (C=O) groups is 1. The molecule has 124 valence electrons. The summed E-state index contributed by atoms with van der Waals surface area (Å²) < 4.78 is 1.69. The van der Waals surface area contributed by atoms with Crippen molar-refractivity contribution < 1.29 is 14.3 Å². The lowest BCUT2D eigenvalue weighted by molar-refractivity contribution is -0.692. The van der Waals surface area contributed by atoms with Crippen LogP contribution in [0.3, 0.4) is 0 Å². The third-order valence-corrected chi connectivity index (χ3v) is 3.94. The summed E-state index contributed by atoms with van der Waals surface area (Å²) in [5, 5.41) is 14.1. The summed E-state index contributed by atoms with van der Waals surface area (Å²) in [5.41, 5.74) is 0.690. The molecule has 1 unspecified atom stereocenters. The van der Waals surface area contributed by atoms with Gasteiger partial charge in [0, 0.05) is 35.9 Å². The van der Waals surface area contributed by atoms with E-state index in [0.29, 0.717) is 17.1 Å². The Labute approximate surface area is 145 Å². The molecule has 0 amide bonds. The van der Waals surface area contributed by atoms with Crippen LogP contribution in [0.15, 0.2) is 48.8 Å². The topological polar surface area (TPSA) is 76.1 Å². The molecule has 1 N–H and O–H groups in total. The van der Waals surface area contributed by atoms with Gasteiger partial charge in [0.05, 0.1) is 4.92 Å². The van der Waals surface area contributed by atoms with Crippen molar-refractivity contribution in [2.45, 2.75) is 19.9 Å². The molecule has 1 atom stereocenters. The van der Waals surface area contributed by atoms with Crippen molar-refractivity contribution in [3.63, 3.8) is 0 Å². The highest BCUT2D eigenvalue weighted by Crippen LogP contribution is 2.21. The molecular weight excluding hydrogens is 326 g/mol. The van der Waals surface area contributed by atoms with Crippen molar-refractivity contribution >= 4 is 28.7 Å². The zero-order chi connectivity index (χ0) is 17.7. The van der Waals surface area contributed by atoms with Gasteiger partial charge < -0.3 is 5.32 Å². The van der Waals surface area contributed by atoms with Gasteiger partial charge in [-0.2, -0.15) is 4.57 Å². The van der Waals surface area contributed by atoms with E-state index in [1.54, 1.807) is 48.1 Å². The Kier molecular flexibility index (Phi) is 5.70. The average molecular weight is 344 g/mol. The van der Waals surface area contributed by atoms with Crippen molar-refractivity contribution in [3.05, 3.63) is 70.0 Å². The van der Waals surface area contributed by atoms with Crippen molar-refractivity contribution in [2.24, 2.45) is 0 Å². The van der Waals surface area contributed by atoms with Gasteiger partial charge in [0.2, 0.25) is 5.78 Å². The third-order valence-electron chi connectivity index (χ3n) is 3.57. The largest absolute Gasteiger partial charge is 0.374 e. The summed E-state index contributed by atoms with van der Waals surface area (Å²) in [6.07, 6.45) is 3.49. The molecule has 0 fully saturated rings. The predicted molar refractivity (Wildman–Crippen MR) is 94.1 cm³/mol. The van der Waals surface area contributed by atoms with Crippen LogP contribution in [0.2, 0.25) is 0 Å². The zero-order valence-corrected chi connectivity index (χ0v) is 14.2. The van der Waals surface area contributed by atoms with Crippen LogP contribution in [0.4, 0.5) is 5.69 Å². The quantitative estimate of drug-likeness (QED) is 0.286. The summed E-state index contributed by atoms with van der Waals surface area (Å²) >= 11 is 5.36. The molecule has 0 bridgehead atoms. The smallest absolute Gasteiger partial charge is 0.273 e. The maximum absolute atomic E-state index is 13.0. The van der Waals surface area contributed by atoms with Crippen LogP contribution in [0.1, 0.15) is 28.9 Å². The molecule has 1 aromatic carbocycles. The van der Waals surface area contributed by atoms with E-state index in [4.69, 9.17) is 12.2 Å². The van der Waals surface area contributed by atoms with Gasteiger partial charge in [-0.3, -0.25) is 14.9 Å². The minimum Gasteiger partial charge on any atom is -0.374 e. The molecule has 24 heavy (non-hydrogen) atoms. The van der Waals surface area contributed by atoms with Gasteiger partial charge in [-0.15, -0.1) is 0 Å². The second-order valence-corrected chi connectivity index (χ2v) is 5.68. The molecule has 7 heteroatoms. The van der Waals surface area contributed by atoms with Crippen LogP contribution < -0.4 is 9.88 Å². The molecule has 0 radical (unpaired) electrons. The molecule has 0 saturated heterocycles. The predicted octanol–water partition coefficient (Wildman–Crippen LogP) is 2.55. The molecule has 0 aliphatic carbocycles. The average Bonchev–Trinajstić information content (AvgIpc) is 2.56. The van der Waals surface area contributed by atoms with E-state index in [1.165, 1.54) is 6.07 Å². The molecule has 1 heterocycles. The van der Waals surface area contributed by atoms with Crippen LogP contribution in [0.25, 0.3) is 0 Å². The van der Waals surface area contributed by atoms with Crippen molar-refractivity contribution in [3.8, 4) is 0 Å². The van der Waals surface area contributed by atoms with Gasteiger partial charge in [0.1, 0.15) is 0 Å². The summed E-state index contributed by atoms with van der Waals surface area (Å²) in [5.74, 6) is -0.291.